The van der Waals surface area contributed by atoms with Gasteiger partial charge in [0.15, 0.2) is 0 Å². The molecule has 1 saturated carbocycles. The van der Waals surface area contributed by atoms with Gasteiger partial charge < -0.3 is 19.1 Å². The second kappa shape index (κ2) is 12.8. The molecule has 2 aromatic carbocycles. The minimum atomic E-state index is -0.494. The van der Waals surface area contributed by atoms with Gasteiger partial charge in [-0.05, 0) is 53.7 Å². The fraction of sp³-hybridized carbons (Fsp3) is 0.636. The van der Waals surface area contributed by atoms with E-state index in [9.17, 15) is 5.11 Å². The van der Waals surface area contributed by atoms with Crippen molar-refractivity contribution >= 4 is 0 Å². The van der Waals surface area contributed by atoms with Crippen molar-refractivity contribution < 1.29 is 19.1 Å². The Kier molecular flexibility index (Phi) is 10.2. The summed E-state index contributed by atoms with van der Waals surface area (Å²) < 4.78 is 13.0. The smallest absolute Gasteiger partial charge is 0.126 e. The largest absolute Gasteiger partial charge is 0.491 e. The van der Waals surface area contributed by atoms with Crippen LogP contribution in [-0.2, 0) is 22.1 Å². The summed E-state index contributed by atoms with van der Waals surface area (Å²) in [6.45, 7) is 16.4. The Balaban J connectivity index is 1.54. The molecule has 1 N–H and O–H groups in total. The van der Waals surface area contributed by atoms with Crippen molar-refractivity contribution in [1.29, 1.82) is 0 Å². The predicted molar refractivity (Wildman–Crippen MR) is 154 cm³/mol. The van der Waals surface area contributed by atoms with Gasteiger partial charge >= 0.3 is 0 Å². The molecule has 37 heavy (non-hydrogen) atoms. The molecule has 2 aromatic rings. The molecule has 2 atom stereocenters. The van der Waals surface area contributed by atoms with Gasteiger partial charge in [-0.1, -0.05) is 90.4 Å². The molecule has 0 aromatic heterocycles. The third-order valence-corrected chi connectivity index (χ3v) is 7.92. The van der Waals surface area contributed by atoms with Crippen molar-refractivity contribution in [3.05, 3.63) is 65.2 Å². The van der Waals surface area contributed by atoms with Gasteiger partial charge in [-0.15, -0.1) is 0 Å². The van der Waals surface area contributed by atoms with Crippen molar-refractivity contribution in [3.63, 3.8) is 0 Å². The van der Waals surface area contributed by atoms with Crippen LogP contribution in [0, 0.1) is 0 Å². The molecule has 1 unspecified atom stereocenters. The van der Waals surface area contributed by atoms with Crippen LogP contribution in [0.25, 0.3) is 0 Å². The number of hydrogen-bond donors (Lipinski definition) is 1. The number of likely N-dealkylation sites (N-methyl/N-ethyl adjacent to an activating group) is 1. The second-order valence-corrected chi connectivity index (χ2v) is 13.4. The van der Waals surface area contributed by atoms with E-state index in [1.165, 1.54) is 48.8 Å². The summed E-state index contributed by atoms with van der Waals surface area (Å²) in [4.78, 5) is 0. The van der Waals surface area contributed by atoms with E-state index in [-0.39, 0.29) is 10.8 Å². The molecule has 1 aliphatic carbocycles. The van der Waals surface area contributed by atoms with E-state index in [0.717, 1.165) is 16.8 Å². The van der Waals surface area contributed by atoms with E-state index in [2.05, 4.69) is 97.1 Å². The van der Waals surface area contributed by atoms with Crippen LogP contribution in [0.15, 0.2) is 48.5 Å². The molecule has 3 rings (SSSR count). The lowest BCUT2D eigenvalue weighted by Crippen LogP contribution is -2.56. The normalized spacial score (nSPS) is 17.8. The zero-order valence-corrected chi connectivity index (χ0v) is 24.6. The number of quaternary nitrogens is 1. The number of aliphatic hydroxyl groups excluding tert-OH is 1. The Morgan fingerprint density at radius 3 is 2.19 bits per heavy atom. The van der Waals surface area contributed by atoms with Crippen molar-refractivity contribution in [2.24, 2.45) is 0 Å². The van der Waals surface area contributed by atoms with Crippen molar-refractivity contribution in [1.82, 2.24) is 0 Å². The van der Waals surface area contributed by atoms with Crippen LogP contribution in [0.4, 0.5) is 0 Å². The lowest BCUT2D eigenvalue weighted by molar-refractivity contribution is -0.950. The highest BCUT2D eigenvalue weighted by Gasteiger charge is 2.36. The summed E-state index contributed by atoms with van der Waals surface area (Å²) in [5.41, 5.74) is 3.97. The Labute approximate surface area is 226 Å². The zero-order valence-electron chi connectivity index (χ0n) is 24.6. The molecule has 1 aliphatic rings. The highest BCUT2D eigenvalue weighted by Crippen LogP contribution is 2.35. The molecule has 206 valence electrons. The first-order valence-electron chi connectivity index (χ1n) is 14.3. The lowest BCUT2D eigenvalue weighted by Gasteiger charge is -2.44. The summed E-state index contributed by atoms with van der Waals surface area (Å²) >= 11 is 0. The van der Waals surface area contributed by atoms with E-state index >= 15 is 0 Å². The molecule has 0 bridgehead atoms. The third-order valence-electron chi connectivity index (χ3n) is 7.92. The Morgan fingerprint density at radius 2 is 1.57 bits per heavy atom. The topological polar surface area (TPSA) is 38.7 Å². The van der Waals surface area contributed by atoms with Gasteiger partial charge in [0, 0.05) is 5.56 Å². The van der Waals surface area contributed by atoms with E-state index in [1.807, 2.05) is 0 Å². The molecule has 0 heterocycles. The van der Waals surface area contributed by atoms with E-state index in [4.69, 9.17) is 9.47 Å². The van der Waals surface area contributed by atoms with Crippen LogP contribution in [0.1, 0.15) is 90.3 Å². The first kappa shape index (κ1) is 29.7. The van der Waals surface area contributed by atoms with Crippen LogP contribution < -0.4 is 4.74 Å². The highest BCUT2D eigenvalue weighted by atomic mass is 16.5. The Morgan fingerprint density at radius 1 is 0.892 bits per heavy atom. The Bertz CT molecular complexity index is 954. The van der Waals surface area contributed by atoms with Gasteiger partial charge in [-0.2, -0.15) is 0 Å². The molecule has 1 fully saturated rings. The van der Waals surface area contributed by atoms with Crippen LogP contribution in [-0.4, -0.2) is 55.1 Å². The summed E-state index contributed by atoms with van der Waals surface area (Å²) in [5.74, 6) is 0.925. The minimum Gasteiger partial charge on any atom is -0.491 e. The second-order valence-electron chi connectivity index (χ2n) is 13.4. The Hall–Kier alpha value is -1.88. The lowest BCUT2D eigenvalue weighted by atomic mass is 9.80. The summed E-state index contributed by atoms with van der Waals surface area (Å²) in [6, 6.07) is 17.9. The molecular weight excluding hydrogens is 458 g/mol. The van der Waals surface area contributed by atoms with Crippen LogP contribution in [0.3, 0.4) is 0 Å². The molecule has 0 saturated heterocycles. The van der Waals surface area contributed by atoms with E-state index in [1.54, 1.807) is 0 Å². The van der Waals surface area contributed by atoms with E-state index in [0.29, 0.717) is 32.4 Å². The average molecular weight is 511 g/mol. The number of benzene rings is 2. The quantitative estimate of drug-likeness (QED) is 0.261. The van der Waals surface area contributed by atoms with Crippen molar-refractivity contribution in [3.8, 4) is 5.75 Å². The maximum Gasteiger partial charge on any atom is 0.126 e. The van der Waals surface area contributed by atoms with E-state index < -0.39 is 6.10 Å². The molecular formula is C33H52NO3+. The molecule has 4 heteroatoms. The fourth-order valence-electron chi connectivity index (χ4n) is 5.72. The van der Waals surface area contributed by atoms with Gasteiger partial charge in [-0.25, -0.2) is 0 Å². The van der Waals surface area contributed by atoms with Crippen LogP contribution in [0.5, 0.6) is 5.75 Å². The van der Waals surface area contributed by atoms with Crippen LogP contribution >= 0.6 is 0 Å². The van der Waals surface area contributed by atoms with Crippen molar-refractivity contribution in [2.45, 2.75) is 103 Å². The average Bonchev–Trinajstić information content (AvgIpc) is 2.83. The van der Waals surface area contributed by atoms with Gasteiger partial charge in [0.25, 0.3) is 0 Å². The van der Waals surface area contributed by atoms with Gasteiger partial charge in [0.05, 0.1) is 26.3 Å². The SMILES string of the molecule is CC(C)(C)c1ccc(OCCOC[C@@H](O)C[N+](C)(Cc2ccccc2)C2CCCCC2)c(C(C)(C)C)c1. The molecule has 0 amide bonds. The number of aliphatic hydroxyl groups is 1. The summed E-state index contributed by atoms with van der Waals surface area (Å²) in [7, 11) is 2.32. The maximum atomic E-state index is 11.0. The molecule has 0 aliphatic heterocycles. The highest BCUT2D eigenvalue weighted by molar-refractivity contribution is 5.43. The fourth-order valence-corrected chi connectivity index (χ4v) is 5.72. The third kappa shape index (κ3) is 8.84. The summed E-state index contributed by atoms with van der Waals surface area (Å²) in [5, 5.41) is 11.0. The van der Waals surface area contributed by atoms with Crippen molar-refractivity contribution in [2.75, 3.05) is 33.4 Å². The minimum absolute atomic E-state index is 0.00606. The first-order valence-corrected chi connectivity index (χ1v) is 14.3. The monoisotopic (exact) mass is 510 g/mol. The summed E-state index contributed by atoms with van der Waals surface area (Å²) in [6.07, 6.45) is 5.93. The number of nitrogens with zero attached hydrogens (tertiary/aromatic N) is 1. The van der Waals surface area contributed by atoms with Crippen LogP contribution in [0.2, 0.25) is 0 Å². The van der Waals surface area contributed by atoms with Gasteiger partial charge in [0.1, 0.15) is 31.5 Å². The molecule has 0 radical (unpaired) electrons. The number of hydrogen-bond acceptors (Lipinski definition) is 3. The number of rotatable bonds is 11. The molecule has 0 spiro atoms. The predicted octanol–water partition coefficient (Wildman–Crippen LogP) is 7.02. The standard InChI is InChI=1S/C33H52NO3/c1-32(2,3)27-18-19-31(30(22-27)33(4,5)6)37-21-20-36-25-29(35)24-34(7,28-16-12-9-13-17-28)23-26-14-10-8-11-15-26/h8,10-11,14-15,18-19,22,28-29,35H,9,12-13,16-17,20-21,23-25H2,1-7H3/q+1/t29-,34?/m0/s1. The van der Waals surface area contributed by atoms with Gasteiger partial charge in [0.2, 0.25) is 0 Å². The number of ether oxygens (including phenoxy) is 2. The van der Waals surface area contributed by atoms with Gasteiger partial charge in [-0.3, -0.25) is 0 Å². The first-order chi connectivity index (χ1) is 17.4. The maximum absolute atomic E-state index is 11.0. The molecule has 4 nitrogen and oxygen atoms in total. The zero-order chi connectivity index (χ0) is 27.1.